The zero-order valence-electron chi connectivity index (χ0n) is 15.2. The van der Waals surface area contributed by atoms with Crippen LogP contribution in [0.4, 0.5) is 26.4 Å². The molecule has 2 aliphatic rings. The molecular formula is C19H22FN5O. The number of nitrogens with zero attached hydrogens (tertiary/aromatic N) is 4. The van der Waals surface area contributed by atoms with Gasteiger partial charge in [0, 0.05) is 38.0 Å². The maximum atomic E-state index is 14.5. The fraction of sp³-hybridized carbons (Fsp3) is 0.368. The minimum absolute atomic E-state index is 0.0771. The summed E-state index contributed by atoms with van der Waals surface area (Å²) >= 11 is 0. The Hall–Kier alpha value is -2.67. The number of aromatic nitrogens is 1. The zero-order valence-corrected chi connectivity index (χ0v) is 15.2. The standard InChI is InChI=1S/C19H22FN5O/c1-12-5-4-6-15(20)18(12)24-9-13-8-22-17(21-2)7-16(13)25(19(24)26)14-10-23(3)11-14/h4-8,14H,9-11H2,1-3H3,(H,21,22). The van der Waals surface area contributed by atoms with Gasteiger partial charge >= 0.3 is 6.03 Å². The lowest BCUT2D eigenvalue weighted by molar-refractivity contribution is 0.180. The summed E-state index contributed by atoms with van der Waals surface area (Å²) in [6, 6.07) is 6.68. The molecule has 0 radical (unpaired) electrons. The Labute approximate surface area is 152 Å². The molecule has 1 fully saturated rings. The van der Waals surface area contributed by atoms with Crippen LogP contribution in [0, 0.1) is 12.7 Å². The molecule has 0 aliphatic carbocycles. The SMILES string of the molecule is CNc1cc2c(cn1)CN(c1c(C)cccc1F)C(=O)N2C1CN(C)C1. The molecular weight excluding hydrogens is 333 g/mol. The first kappa shape index (κ1) is 16.8. The Morgan fingerprint density at radius 2 is 2.08 bits per heavy atom. The van der Waals surface area contributed by atoms with Gasteiger partial charge in [-0.3, -0.25) is 9.80 Å². The third-order valence-corrected chi connectivity index (χ3v) is 5.11. The number of carbonyl (C=O) groups excluding carboxylic acids is 1. The zero-order chi connectivity index (χ0) is 18.4. The van der Waals surface area contributed by atoms with Gasteiger partial charge in [0.05, 0.1) is 24.0 Å². The molecule has 1 N–H and O–H groups in total. The summed E-state index contributed by atoms with van der Waals surface area (Å²) in [6.45, 7) is 3.73. The number of aryl methyl sites for hydroxylation is 1. The summed E-state index contributed by atoms with van der Waals surface area (Å²) in [5, 5.41) is 3.02. The van der Waals surface area contributed by atoms with Crippen molar-refractivity contribution in [2.24, 2.45) is 0 Å². The van der Waals surface area contributed by atoms with E-state index in [9.17, 15) is 9.18 Å². The van der Waals surface area contributed by atoms with E-state index in [1.807, 2.05) is 26.1 Å². The number of hydrogen-bond acceptors (Lipinski definition) is 4. The normalized spacial score (nSPS) is 17.9. The van der Waals surface area contributed by atoms with Gasteiger partial charge in [0.2, 0.25) is 0 Å². The summed E-state index contributed by atoms with van der Waals surface area (Å²) in [4.78, 5) is 23.2. The van der Waals surface area contributed by atoms with Crippen LogP contribution in [0.2, 0.25) is 0 Å². The molecule has 1 aromatic heterocycles. The number of carbonyl (C=O) groups is 1. The molecule has 1 aromatic carbocycles. The van der Waals surface area contributed by atoms with Crippen LogP contribution in [-0.2, 0) is 6.54 Å². The van der Waals surface area contributed by atoms with Gasteiger partial charge in [-0.2, -0.15) is 0 Å². The van der Waals surface area contributed by atoms with Gasteiger partial charge < -0.3 is 10.2 Å². The van der Waals surface area contributed by atoms with E-state index in [2.05, 4.69) is 15.2 Å². The Kier molecular flexibility index (Phi) is 4.03. The van der Waals surface area contributed by atoms with E-state index in [1.165, 1.54) is 11.0 Å². The third-order valence-electron chi connectivity index (χ3n) is 5.11. The van der Waals surface area contributed by atoms with Crippen molar-refractivity contribution in [3.63, 3.8) is 0 Å². The predicted molar refractivity (Wildman–Crippen MR) is 100 cm³/mol. The van der Waals surface area contributed by atoms with Gasteiger partial charge in [0.15, 0.2) is 0 Å². The van der Waals surface area contributed by atoms with E-state index in [0.717, 1.165) is 29.9 Å². The number of pyridine rings is 1. The molecule has 1 saturated heterocycles. The molecule has 2 aliphatic heterocycles. The number of benzene rings is 1. The first-order chi connectivity index (χ1) is 12.5. The van der Waals surface area contributed by atoms with Gasteiger partial charge in [0.25, 0.3) is 0 Å². The molecule has 0 atom stereocenters. The van der Waals surface area contributed by atoms with Crippen molar-refractivity contribution in [1.82, 2.24) is 9.88 Å². The Morgan fingerprint density at radius 1 is 1.31 bits per heavy atom. The molecule has 3 heterocycles. The topological polar surface area (TPSA) is 51.7 Å². The maximum Gasteiger partial charge on any atom is 0.329 e. The van der Waals surface area contributed by atoms with Crippen LogP contribution in [-0.4, -0.2) is 49.1 Å². The molecule has 0 spiro atoms. The van der Waals surface area contributed by atoms with Crippen molar-refractivity contribution < 1.29 is 9.18 Å². The van der Waals surface area contributed by atoms with Crippen molar-refractivity contribution in [3.05, 3.63) is 47.4 Å². The number of anilines is 3. The van der Waals surface area contributed by atoms with E-state index >= 15 is 0 Å². The third kappa shape index (κ3) is 2.59. The van der Waals surface area contributed by atoms with Gasteiger partial charge in [-0.1, -0.05) is 12.1 Å². The summed E-state index contributed by atoms with van der Waals surface area (Å²) in [6.07, 6.45) is 1.77. The first-order valence-corrected chi connectivity index (χ1v) is 8.70. The Morgan fingerprint density at radius 3 is 2.73 bits per heavy atom. The van der Waals surface area contributed by atoms with Crippen LogP contribution >= 0.6 is 0 Å². The second kappa shape index (κ2) is 6.25. The molecule has 6 nitrogen and oxygen atoms in total. The molecule has 2 amide bonds. The van der Waals surface area contributed by atoms with Crippen LogP contribution in [0.1, 0.15) is 11.1 Å². The van der Waals surface area contributed by atoms with E-state index in [4.69, 9.17) is 0 Å². The van der Waals surface area contributed by atoms with Crippen LogP contribution in [0.15, 0.2) is 30.5 Å². The fourth-order valence-electron chi connectivity index (χ4n) is 3.75. The average molecular weight is 355 g/mol. The summed E-state index contributed by atoms with van der Waals surface area (Å²) < 4.78 is 14.5. The Bertz CT molecular complexity index is 845. The number of para-hydroxylation sites is 1. The predicted octanol–water partition coefficient (Wildman–Crippen LogP) is 2.83. The number of amides is 2. The molecule has 0 saturated carbocycles. The molecule has 2 aromatic rings. The number of likely N-dealkylation sites (tertiary alicyclic amines) is 1. The van der Waals surface area contributed by atoms with E-state index < -0.39 is 0 Å². The molecule has 0 unspecified atom stereocenters. The van der Waals surface area contributed by atoms with Crippen molar-refractivity contribution in [3.8, 4) is 0 Å². The molecule has 26 heavy (non-hydrogen) atoms. The molecule has 7 heteroatoms. The monoisotopic (exact) mass is 355 g/mol. The highest BCUT2D eigenvalue weighted by molar-refractivity contribution is 6.07. The lowest BCUT2D eigenvalue weighted by atomic mass is 10.0. The molecule has 0 bridgehead atoms. The first-order valence-electron chi connectivity index (χ1n) is 8.70. The number of nitrogens with one attached hydrogen (secondary N) is 1. The summed E-state index contributed by atoms with van der Waals surface area (Å²) in [5.41, 5.74) is 2.87. The Balaban J connectivity index is 1.81. The second-order valence-electron chi connectivity index (χ2n) is 6.97. The summed E-state index contributed by atoms with van der Waals surface area (Å²) in [5.74, 6) is 0.331. The van der Waals surface area contributed by atoms with E-state index in [-0.39, 0.29) is 17.9 Å². The van der Waals surface area contributed by atoms with Crippen LogP contribution < -0.4 is 15.1 Å². The van der Waals surface area contributed by atoms with Crippen LogP contribution in [0.25, 0.3) is 0 Å². The van der Waals surface area contributed by atoms with Gasteiger partial charge in [0.1, 0.15) is 11.6 Å². The van der Waals surface area contributed by atoms with Crippen molar-refractivity contribution in [2.75, 3.05) is 42.3 Å². The highest BCUT2D eigenvalue weighted by Gasteiger charge is 2.41. The number of fused-ring (bicyclic) bond motifs is 1. The number of rotatable bonds is 3. The summed E-state index contributed by atoms with van der Waals surface area (Å²) in [7, 11) is 3.83. The number of halogens is 1. The van der Waals surface area contributed by atoms with Crippen molar-refractivity contribution in [2.45, 2.75) is 19.5 Å². The average Bonchev–Trinajstić information content (AvgIpc) is 2.59. The van der Waals surface area contributed by atoms with Crippen LogP contribution in [0.3, 0.4) is 0 Å². The van der Waals surface area contributed by atoms with E-state index in [0.29, 0.717) is 18.1 Å². The second-order valence-corrected chi connectivity index (χ2v) is 6.97. The minimum atomic E-state index is -0.382. The minimum Gasteiger partial charge on any atom is -0.373 e. The maximum absolute atomic E-state index is 14.5. The molecule has 4 rings (SSSR count). The lowest BCUT2D eigenvalue weighted by Gasteiger charge is -2.47. The smallest absolute Gasteiger partial charge is 0.329 e. The largest absolute Gasteiger partial charge is 0.373 e. The van der Waals surface area contributed by atoms with Crippen LogP contribution in [0.5, 0.6) is 0 Å². The van der Waals surface area contributed by atoms with Gasteiger partial charge in [-0.05, 0) is 25.6 Å². The highest BCUT2D eigenvalue weighted by atomic mass is 19.1. The quantitative estimate of drug-likeness (QED) is 0.920. The highest BCUT2D eigenvalue weighted by Crippen LogP contribution is 2.37. The number of urea groups is 1. The van der Waals surface area contributed by atoms with Crippen molar-refractivity contribution in [1.29, 1.82) is 0 Å². The number of likely N-dealkylation sites (N-methyl/N-ethyl adjacent to an activating group) is 1. The number of hydrogen-bond donors (Lipinski definition) is 1. The molecule has 136 valence electrons. The van der Waals surface area contributed by atoms with E-state index in [1.54, 1.807) is 24.2 Å². The lowest BCUT2D eigenvalue weighted by Crippen LogP contribution is -2.63. The van der Waals surface area contributed by atoms with Gasteiger partial charge in [-0.25, -0.2) is 14.2 Å². The van der Waals surface area contributed by atoms with Crippen molar-refractivity contribution >= 4 is 23.2 Å². The van der Waals surface area contributed by atoms with Gasteiger partial charge in [-0.15, -0.1) is 0 Å². The fourth-order valence-corrected chi connectivity index (χ4v) is 3.75.